The first-order valence-corrected chi connectivity index (χ1v) is 6.60. The highest BCUT2D eigenvalue weighted by molar-refractivity contribution is 5.85. The van der Waals surface area contributed by atoms with Crippen molar-refractivity contribution < 1.29 is 9.94 Å². The molecule has 5 nitrogen and oxygen atoms in total. The summed E-state index contributed by atoms with van der Waals surface area (Å²) in [5.41, 5.74) is 5.78. The number of amidine groups is 1. The fourth-order valence-corrected chi connectivity index (χ4v) is 2.87. The number of piperidine rings is 1. The topological polar surface area (TPSA) is 71.1 Å². The molecule has 0 bridgehead atoms. The summed E-state index contributed by atoms with van der Waals surface area (Å²) in [4.78, 5) is 2.38. The Hall–Kier alpha value is -0.810. The van der Waals surface area contributed by atoms with E-state index in [1.165, 1.54) is 12.8 Å². The van der Waals surface area contributed by atoms with E-state index in [2.05, 4.69) is 10.1 Å². The molecule has 0 amide bonds. The van der Waals surface area contributed by atoms with E-state index in [1.807, 2.05) is 0 Å². The minimum absolute atomic E-state index is 0.136. The van der Waals surface area contributed by atoms with Crippen LogP contribution in [0.5, 0.6) is 0 Å². The summed E-state index contributed by atoms with van der Waals surface area (Å²) in [6.45, 7) is 3.89. The molecule has 3 N–H and O–H groups in total. The quantitative estimate of drug-likeness (QED) is 0.335. The van der Waals surface area contributed by atoms with E-state index < -0.39 is 0 Å². The maximum Gasteiger partial charge on any atom is 0.156 e. The van der Waals surface area contributed by atoms with Crippen LogP contribution in [0.25, 0.3) is 0 Å². The third-order valence-corrected chi connectivity index (χ3v) is 3.90. The maximum atomic E-state index is 8.83. The number of nitrogens with two attached hydrogens (primary N) is 1. The second-order valence-corrected chi connectivity index (χ2v) is 5.09. The van der Waals surface area contributed by atoms with Crippen LogP contribution in [0.2, 0.25) is 0 Å². The lowest BCUT2D eigenvalue weighted by atomic mass is 9.95. The Labute approximate surface area is 103 Å². The van der Waals surface area contributed by atoms with Gasteiger partial charge >= 0.3 is 0 Å². The van der Waals surface area contributed by atoms with E-state index >= 15 is 0 Å². The summed E-state index contributed by atoms with van der Waals surface area (Å²) in [7, 11) is 0. The van der Waals surface area contributed by atoms with Crippen LogP contribution in [0.15, 0.2) is 5.16 Å². The van der Waals surface area contributed by atoms with Gasteiger partial charge in [0.1, 0.15) is 0 Å². The largest absolute Gasteiger partial charge is 0.409 e. The van der Waals surface area contributed by atoms with Crippen molar-refractivity contribution in [2.24, 2.45) is 16.8 Å². The molecule has 0 aromatic heterocycles. The van der Waals surface area contributed by atoms with Gasteiger partial charge in [0.15, 0.2) is 5.84 Å². The lowest BCUT2D eigenvalue weighted by molar-refractivity contribution is 0.0452. The summed E-state index contributed by atoms with van der Waals surface area (Å²) >= 11 is 0. The van der Waals surface area contributed by atoms with Gasteiger partial charge in [-0.3, -0.25) is 4.90 Å². The number of hydrogen-bond donors (Lipinski definition) is 2. The van der Waals surface area contributed by atoms with E-state index in [-0.39, 0.29) is 6.04 Å². The first-order chi connectivity index (χ1) is 8.31. The third-order valence-electron chi connectivity index (χ3n) is 3.90. The zero-order valence-corrected chi connectivity index (χ0v) is 10.3. The lowest BCUT2D eigenvalue weighted by Crippen LogP contribution is -2.49. The van der Waals surface area contributed by atoms with Crippen LogP contribution in [0.1, 0.15) is 32.1 Å². The third kappa shape index (κ3) is 3.33. The molecule has 2 saturated heterocycles. The average molecular weight is 241 g/mol. The fourth-order valence-electron chi connectivity index (χ4n) is 2.87. The highest BCUT2D eigenvalue weighted by atomic mass is 16.5. The van der Waals surface area contributed by atoms with Crippen molar-refractivity contribution in [3.63, 3.8) is 0 Å². The summed E-state index contributed by atoms with van der Waals surface area (Å²) in [6, 6.07) is 0.136. The van der Waals surface area contributed by atoms with Gasteiger partial charge in [-0.05, 0) is 38.1 Å². The zero-order valence-electron chi connectivity index (χ0n) is 10.3. The van der Waals surface area contributed by atoms with Crippen molar-refractivity contribution in [1.82, 2.24) is 4.90 Å². The summed E-state index contributed by atoms with van der Waals surface area (Å²) in [5.74, 6) is 1.08. The molecule has 2 aliphatic rings. The standard InChI is InChI=1S/C12H23N3O2/c13-12(14-16)11-3-1-2-6-15(11)9-10-4-7-17-8-5-10/h10-11,16H,1-9H2,(H2,13,14). The predicted octanol–water partition coefficient (Wildman–Crippen LogP) is 1.01. The van der Waals surface area contributed by atoms with Gasteiger partial charge in [0, 0.05) is 19.8 Å². The Morgan fingerprint density at radius 2 is 2.06 bits per heavy atom. The van der Waals surface area contributed by atoms with Crippen molar-refractivity contribution in [2.75, 3.05) is 26.3 Å². The highest BCUT2D eigenvalue weighted by Crippen LogP contribution is 2.22. The van der Waals surface area contributed by atoms with E-state index in [9.17, 15) is 0 Å². The van der Waals surface area contributed by atoms with Gasteiger partial charge in [0.05, 0.1) is 6.04 Å². The van der Waals surface area contributed by atoms with Crippen LogP contribution in [-0.4, -0.2) is 48.3 Å². The van der Waals surface area contributed by atoms with Crippen LogP contribution in [-0.2, 0) is 4.74 Å². The molecule has 98 valence electrons. The fraction of sp³-hybridized carbons (Fsp3) is 0.917. The van der Waals surface area contributed by atoms with Crippen LogP contribution < -0.4 is 5.73 Å². The summed E-state index contributed by atoms with van der Waals surface area (Å²) in [5, 5.41) is 12.0. The Bertz CT molecular complexity index is 264. The molecule has 2 aliphatic heterocycles. The van der Waals surface area contributed by atoms with Gasteiger partial charge < -0.3 is 15.7 Å². The number of rotatable bonds is 3. The number of oxime groups is 1. The van der Waals surface area contributed by atoms with Crippen molar-refractivity contribution in [1.29, 1.82) is 0 Å². The monoisotopic (exact) mass is 241 g/mol. The molecule has 0 saturated carbocycles. The van der Waals surface area contributed by atoms with Gasteiger partial charge in [-0.1, -0.05) is 11.6 Å². The molecule has 5 heteroatoms. The second kappa shape index (κ2) is 6.21. The lowest BCUT2D eigenvalue weighted by Gasteiger charge is -2.37. The van der Waals surface area contributed by atoms with Crippen molar-refractivity contribution in [2.45, 2.75) is 38.1 Å². The molecule has 1 atom stereocenters. The molecule has 0 aromatic rings. The molecule has 2 heterocycles. The molecule has 0 aromatic carbocycles. The normalized spacial score (nSPS) is 29.4. The molecule has 0 spiro atoms. The smallest absolute Gasteiger partial charge is 0.156 e. The molecular formula is C12H23N3O2. The average Bonchev–Trinajstić information content (AvgIpc) is 2.40. The minimum atomic E-state index is 0.136. The SMILES string of the molecule is NC(=NO)C1CCCCN1CC1CCOCC1. The molecule has 2 rings (SSSR count). The summed E-state index contributed by atoms with van der Waals surface area (Å²) < 4.78 is 5.38. The van der Waals surface area contributed by atoms with Crippen LogP contribution in [0, 0.1) is 5.92 Å². The highest BCUT2D eigenvalue weighted by Gasteiger charge is 2.28. The Balaban J connectivity index is 1.91. The Morgan fingerprint density at radius 1 is 1.29 bits per heavy atom. The molecule has 2 fully saturated rings. The summed E-state index contributed by atoms with van der Waals surface area (Å²) in [6.07, 6.45) is 5.68. The first kappa shape index (κ1) is 12.6. The van der Waals surface area contributed by atoms with E-state index in [0.717, 1.165) is 45.6 Å². The Morgan fingerprint density at radius 3 is 2.76 bits per heavy atom. The van der Waals surface area contributed by atoms with Crippen molar-refractivity contribution in [3.05, 3.63) is 0 Å². The van der Waals surface area contributed by atoms with Crippen molar-refractivity contribution in [3.8, 4) is 0 Å². The molecule has 0 aliphatic carbocycles. The minimum Gasteiger partial charge on any atom is -0.409 e. The van der Waals surface area contributed by atoms with E-state index in [4.69, 9.17) is 15.7 Å². The van der Waals surface area contributed by atoms with Crippen LogP contribution in [0.3, 0.4) is 0 Å². The maximum absolute atomic E-state index is 8.83. The molecular weight excluding hydrogens is 218 g/mol. The number of nitrogens with zero attached hydrogens (tertiary/aromatic N) is 2. The number of likely N-dealkylation sites (tertiary alicyclic amines) is 1. The van der Waals surface area contributed by atoms with Gasteiger partial charge in [-0.2, -0.15) is 0 Å². The molecule has 17 heavy (non-hydrogen) atoms. The van der Waals surface area contributed by atoms with E-state index in [0.29, 0.717) is 11.8 Å². The van der Waals surface area contributed by atoms with Crippen LogP contribution in [0.4, 0.5) is 0 Å². The number of ether oxygens (including phenoxy) is 1. The van der Waals surface area contributed by atoms with Crippen LogP contribution >= 0.6 is 0 Å². The first-order valence-electron chi connectivity index (χ1n) is 6.60. The van der Waals surface area contributed by atoms with Gasteiger partial charge in [0.25, 0.3) is 0 Å². The second-order valence-electron chi connectivity index (χ2n) is 5.09. The van der Waals surface area contributed by atoms with Gasteiger partial charge in [-0.15, -0.1) is 0 Å². The Kier molecular flexibility index (Phi) is 4.62. The molecule has 0 radical (unpaired) electrons. The van der Waals surface area contributed by atoms with Crippen molar-refractivity contribution >= 4 is 5.84 Å². The van der Waals surface area contributed by atoms with Gasteiger partial charge in [-0.25, -0.2) is 0 Å². The molecule has 1 unspecified atom stereocenters. The predicted molar refractivity (Wildman–Crippen MR) is 66.2 cm³/mol. The van der Waals surface area contributed by atoms with E-state index in [1.54, 1.807) is 0 Å². The number of hydrogen-bond acceptors (Lipinski definition) is 4. The zero-order chi connectivity index (χ0) is 12.1. The van der Waals surface area contributed by atoms with Gasteiger partial charge in [0.2, 0.25) is 0 Å².